The molecule has 0 bridgehead atoms. The Morgan fingerprint density at radius 1 is 1.69 bits per heavy atom. The van der Waals surface area contributed by atoms with E-state index in [0.29, 0.717) is 17.9 Å². The van der Waals surface area contributed by atoms with Crippen molar-refractivity contribution < 1.29 is 9.94 Å². The van der Waals surface area contributed by atoms with E-state index in [1.54, 1.807) is 12.3 Å². The Bertz CT molecular complexity index is 312. The average molecular weight is 181 g/mol. The van der Waals surface area contributed by atoms with Crippen molar-refractivity contribution in [1.29, 1.82) is 0 Å². The van der Waals surface area contributed by atoms with Crippen LogP contribution in [0.5, 0.6) is 5.75 Å². The molecule has 0 aromatic carbocycles. The van der Waals surface area contributed by atoms with Crippen molar-refractivity contribution in [2.24, 2.45) is 10.9 Å². The monoisotopic (exact) mass is 181 g/mol. The molecule has 0 saturated heterocycles. The Kier molecular flexibility index (Phi) is 3.08. The van der Waals surface area contributed by atoms with E-state index < -0.39 is 0 Å². The lowest BCUT2D eigenvalue weighted by Crippen LogP contribution is -2.13. The van der Waals surface area contributed by atoms with Gasteiger partial charge in [0.2, 0.25) is 0 Å². The summed E-state index contributed by atoms with van der Waals surface area (Å²) in [6, 6.07) is 1.66. The van der Waals surface area contributed by atoms with E-state index in [2.05, 4.69) is 10.1 Å². The lowest BCUT2D eigenvalue weighted by molar-refractivity contribution is 0.318. The van der Waals surface area contributed by atoms with Crippen molar-refractivity contribution in [3.63, 3.8) is 0 Å². The van der Waals surface area contributed by atoms with Gasteiger partial charge in [0.25, 0.3) is 0 Å². The molecule has 0 aliphatic carbocycles. The van der Waals surface area contributed by atoms with Crippen LogP contribution in [0.4, 0.5) is 0 Å². The van der Waals surface area contributed by atoms with E-state index in [0.717, 1.165) is 0 Å². The van der Waals surface area contributed by atoms with Crippen LogP contribution in [0.15, 0.2) is 23.6 Å². The fraction of sp³-hybridized carbons (Fsp3) is 0.250. The summed E-state index contributed by atoms with van der Waals surface area (Å²) in [6.07, 6.45) is 3.06. The Balaban J connectivity index is 2.91. The van der Waals surface area contributed by atoms with E-state index in [1.807, 2.05) is 6.92 Å². The van der Waals surface area contributed by atoms with Crippen LogP contribution in [0.3, 0.4) is 0 Å². The second kappa shape index (κ2) is 4.30. The number of nitrogens with zero attached hydrogens (tertiary/aromatic N) is 2. The number of ether oxygens (including phenoxy) is 1. The molecule has 0 saturated carbocycles. The number of amidine groups is 1. The summed E-state index contributed by atoms with van der Waals surface area (Å²) in [4.78, 5) is 3.88. The number of rotatable bonds is 3. The fourth-order valence-electron chi connectivity index (χ4n) is 0.862. The second-order valence-electron chi connectivity index (χ2n) is 2.33. The summed E-state index contributed by atoms with van der Waals surface area (Å²) in [5.41, 5.74) is 5.90. The van der Waals surface area contributed by atoms with Gasteiger partial charge < -0.3 is 15.7 Å². The topological polar surface area (TPSA) is 80.7 Å². The lowest BCUT2D eigenvalue weighted by Gasteiger charge is -2.03. The van der Waals surface area contributed by atoms with E-state index in [9.17, 15) is 0 Å². The molecule has 1 rings (SSSR count). The van der Waals surface area contributed by atoms with Gasteiger partial charge in [0.15, 0.2) is 5.84 Å². The Morgan fingerprint density at radius 3 is 3.08 bits per heavy atom. The van der Waals surface area contributed by atoms with Gasteiger partial charge in [0.05, 0.1) is 12.8 Å². The van der Waals surface area contributed by atoms with Gasteiger partial charge in [-0.05, 0) is 13.0 Å². The van der Waals surface area contributed by atoms with E-state index >= 15 is 0 Å². The summed E-state index contributed by atoms with van der Waals surface area (Å²) in [7, 11) is 0. The van der Waals surface area contributed by atoms with Crippen LogP contribution in [-0.4, -0.2) is 22.6 Å². The molecule has 0 aliphatic heterocycles. The largest absolute Gasteiger partial charge is 0.492 e. The first-order chi connectivity index (χ1) is 6.27. The molecule has 1 heterocycles. The van der Waals surface area contributed by atoms with Crippen LogP contribution in [0.25, 0.3) is 0 Å². The number of nitrogens with two attached hydrogens (primary N) is 1. The van der Waals surface area contributed by atoms with Crippen LogP contribution in [-0.2, 0) is 0 Å². The third-order valence-corrected chi connectivity index (χ3v) is 1.43. The summed E-state index contributed by atoms with van der Waals surface area (Å²) < 4.78 is 5.19. The van der Waals surface area contributed by atoms with Gasteiger partial charge in [-0.3, -0.25) is 4.98 Å². The highest BCUT2D eigenvalue weighted by atomic mass is 16.5. The van der Waals surface area contributed by atoms with E-state index in [1.165, 1.54) is 6.20 Å². The second-order valence-corrected chi connectivity index (χ2v) is 2.33. The SMILES string of the molecule is CCOc1cncc(/C(N)=N\O)c1. The highest BCUT2D eigenvalue weighted by Crippen LogP contribution is 2.10. The third kappa shape index (κ3) is 2.33. The number of oxime groups is 1. The van der Waals surface area contributed by atoms with E-state index in [4.69, 9.17) is 15.7 Å². The maximum atomic E-state index is 8.40. The van der Waals surface area contributed by atoms with Crippen molar-refractivity contribution in [2.75, 3.05) is 6.61 Å². The van der Waals surface area contributed by atoms with Crippen LogP contribution in [0.2, 0.25) is 0 Å². The van der Waals surface area contributed by atoms with Gasteiger partial charge in [-0.2, -0.15) is 0 Å². The quantitative estimate of drug-likeness (QED) is 0.309. The molecule has 0 spiro atoms. The Morgan fingerprint density at radius 2 is 2.46 bits per heavy atom. The molecular formula is C8H11N3O2. The molecule has 3 N–H and O–H groups in total. The number of pyridine rings is 1. The highest BCUT2D eigenvalue weighted by molar-refractivity contribution is 5.96. The van der Waals surface area contributed by atoms with Crippen molar-refractivity contribution in [2.45, 2.75) is 6.92 Å². The first-order valence-corrected chi connectivity index (χ1v) is 3.83. The first-order valence-electron chi connectivity index (χ1n) is 3.83. The van der Waals surface area contributed by atoms with Gasteiger partial charge in [-0.1, -0.05) is 5.16 Å². The molecule has 5 heteroatoms. The zero-order chi connectivity index (χ0) is 9.68. The zero-order valence-electron chi connectivity index (χ0n) is 7.27. The summed E-state index contributed by atoms with van der Waals surface area (Å²) in [5, 5.41) is 11.3. The minimum atomic E-state index is 0.0223. The number of hydrogen-bond donors (Lipinski definition) is 2. The van der Waals surface area contributed by atoms with Crippen LogP contribution in [0.1, 0.15) is 12.5 Å². The normalized spacial score (nSPS) is 11.3. The first kappa shape index (κ1) is 9.31. The number of aromatic nitrogens is 1. The molecule has 0 radical (unpaired) electrons. The molecular weight excluding hydrogens is 170 g/mol. The van der Waals surface area contributed by atoms with E-state index in [-0.39, 0.29) is 5.84 Å². The Hall–Kier alpha value is -1.78. The maximum Gasteiger partial charge on any atom is 0.171 e. The summed E-state index contributed by atoms with van der Waals surface area (Å²) >= 11 is 0. The zero-order valence-corrected chi connectivity index (χ0v) is 7.27. The predicted molar refractivity (Wildman–Crippen MR) is 47.9 cm³/mol. The molecule has 0 atom stereocenters. The van der Waals surface area contributed by atoms with Gasteiger partial charge in [0, 0.05) is 11.8 Å². The van der Waals surface area contributed by atoms with Crippen LogP contribution < -0.4 is 10.5 Å². The molecule has 0 fully saturated rings. The van der Waals surface area contributed by atoms with Crippen LogP contribution >= 0.6 is 0 Å². The fourth-order valence-corrected chi connectivity index (χ4v) is 0.862. The minimum absolute atomic E-state index is 0.0223. The lowest BCUT2D eigenvalue weighted by atomic mass is 10.2. The van der Waals surface area contributed by atoms with Crippen molar-refractivity contribution >= 4 is 5.84 Å². The molecule has 1 aromatic rings. The molecule has 70 valence electrons. The minimum Gasteiger partial charge on any atom is -0.492 e. The molecule has 13 heavy (non-hydrogen) atoms. The van der Waals surface area contributed by atoms with Gasteiger partial charge in [0.1, 0.15) is 5.75 Å². The van der Waals surface area contributed by atoms with Crippen molar-refractivity contribution in [3.05, 3.63) is 24.0 Å². The summed E-state index contributed by atoms with van der Waals surface area (Å²) in [5.74, 6) is 0.626. The van der Waals surface area contributed by atoms with Gasteiger partial charge in [-0.25, -0.2) is 0 Å². The molecule has 0 amide bonds. The number of hydrogen-bond acceptors (Lipinski definition) is 4. The summed E-state index contributed by atoms with van der Waals surface area (Å²) in [6.45, 7) is 2.43. The molecule has 0 unspecified atom stereocenters. The smallest absolute Gasteiger partial charge is 0.171 e. The molecule has 5 nitrogen and oxygen atoms in total. The van der Waals surface area contributed by atoms with Crippen molar-refractivity contribution in [3.8, 4) is 5.75 Å². The molecule has 1 aromatic heterocycles. The third-order valence-electron chi connectivity index (χ3n) is 1.43. The van der Waals surface area contributed by atoms with Crippen LogP contribution in [0, 0.1) is 0 Å². The average Bonchev–Trinajstić information content (AvgIpc) is 2.18. The highest BCUT2D eigenvalue weighted by Gasteiger charge is 2.01. The van der Waals surface area contributed by atoms with Gasteiger partial charge >= 0.3 is 0 Å². The maximum absolute atomic E-state index is 8.40. The van der Waals surface area contributed by atoms with Gasteiger partial charge in [-0.15, -0.1) is 0 Å². The predicted octanol–water partition coefficient (Wildman–Crippen LogP) is 0.575. The Labute approximate surface area is 75.8 Å². The standard InChI is InChI=1S/C8H11N3O2/c1-2-13-7-3-6(4-10-5-7)8(9)11-12/h3-5,12H,2H2,1H3,(H2,9,11). The van der Waals surface area contributed by atoms with Crippen molar-refractivity contribution in [1.82, 2.24) is 4.98 Å². The molecule has 0 aliphatic rings.